The molecule has 0 aliphatic carbocycles. The quantitative estimate of drug-likeness (QED) is 0.866. The molecular formula is C15H24N4O2. The van der Waals surface area contributed by atoms with Crippen LogP contribution in [0, 0.1) is 5.92 Å². The topological polar surface area (TPSA) is 67.4 Å². The smallest absolute Gasteiger partial charge is 0.273 e. The minimum Gasteiger partial charge on any atom is -0.381 e. The van der Waals surface area contributed by atoms with Crippen molar-refractivity contribution < 1.29 is 9.53 Å². The molecule has 0 saturated carbocycles. The molecule has 1 aliphatic heterocycles. The Kier molecular flexibility index (Phi) is 5.92. The van der Waals surface area contributed by atoms with Crippen molar-refractivity contribution in [3.05, 3.63) is 18.1 Å². The lowest BCUT2D eigenvalue weighted by Gasteiger charge is -2.26. The third-order valence-corrected chi connectivity index (χ3v) is 3.54. The van der Waals surface area contributed by atoms with Crippen LogP contribution in [0.15, 0.2) is 12.4 Å². The van der Waals surface area contributed by atoms with Gasteiger partial charge in [-0.15, -0.1) is 0 Å². The monoisotopic (exact) mass is 292 g/mol. The maximum atomic E-state index is 12.4. The highest BCUT2D eigenvalue weighted by Crippen LogP contribution is 2.15. The van der Waals surface area contributed by atoms with Gasteiger partial charge in [-0.2, -0.15) is 0 Å². The first-order valence-electron chi connectivity index (χ1n) is 7.59. The molecule has 21 heavy (non-hydrogen) atoms. The number of nitrogens with zero attached hydrogens (tertiary/aromatic N) is 3. The maximum Gasteiger partial charge on any atom is 0.273 e. The number of carbonyl (C=O) groups excluding carboxylic acids is 1. The summed E-state index contributed by atoms with van der Waals surface area (Å²) in [6.07, 6.45) is 6.35. The largest absolute Gasteiger partial charge is 0.381 e. The molecule has 1 aromatic rings. The van der Waals surface area contributed by atoms with Gasteiger partial charge in [0.25, 0.3) is 5.91 Å². The van der Waals surface area contributed by atoms with Crippen LogP contribution in [0.5, 0.6) is 0 Å². The van der Waals surface area contributed by atoms with E-state index in [1.54, 1.807) is 11.1 Å². The molecule has 1 atom stereocenters. The second kappa shape index (κ2) is 7.93. The maximum absolute atomic E-state index is 12.4. The Labute approximate surface area is 125 Å². The van der Waals surface area contributed by atoms with E-state index < -0.39 is 0 Å². The van der Waals surface area contributed by atoms with Crippen LogP contribution in [0.1, 0.15) is 36.7 Å². The van der Waals surface area contributed by atoms with E-state index in [4.69, 9.17) is 4.74 Å². The van der Waals surface area contributed by atoms with Crippen molar-refractivity contribution in [1.82, 2.24) is 14.9 Å². The number of anilines is 1. The van der Waals surface area contributed by atoms with Crippen molar-refractivity contribution in [3.8, 4) is 0 Å². The number of aromatic nitrogens is 2. The Morgan fingerprint density at radius 1 is 1.52 bits per heavy atom. The summed E-state index contributed by atoms with van der Waals surface area (Å²) < 4.78 is 5.46. The highest BCUT2D eigenvalue weighted by atomic mass is 16.5. The Hall–Kier alpha value is -1.69. The van der Waals surface area contributed by atoms with Crippen LogP contribution >= 0.6 is 0 Å². The fraction of sp³-hybridized carbons (Fsp3) is 0.667. The van der Waals surface area contributed by atoms with Crippen LogP contribution in [-0.2, 0) is 4.74 Å². The Morgan fingerprint density at radius 3 is 3.10 bits per heavy atom. The van der Waals surface area contributed by atoms with Crippen molar-refractivity contribution in [3.63, 3.8) is 0 Å². The van der Waals surface area contributed by atoms with Gasteiger partial charge in [-0.25, -0.2) is 4.98 Å². The highest BCUT2D eigenvalue weighted by molar-refractivity contribution is 5.92. The summed E-state index contributed by atoms with van der Waals surface area (Å²) >= 11 is 0. The second-order valence-corrected chi connectivity index (χ2v) is 5.49. The molecule has 1 saturated heterocycles. The first-order chi connectivity index (χ1) is 10.2. The van der Waals surface area contributed by atoms with Crippen LogP contribution in [0.2, 0.25) is 0 Å². The van der Waals surface area contributed by atoms with Gasteiger partial charge in [0.1, 0.15) is 11.5 Å². The Balaban J connectivity index is 1.94. The number of hydrogen-bond acceptors (Lipinski definition) is 5. The zero-order valence-corrected chi connectivity index (χ0v) is 12.8. The Morgan fingerprint density at radius 2 is 2.38 bits per heavy atom. The van der Waals surface area contributed by atoms with Crippen LogP contribution in [0.3, 0.4) is 0 Å². The van der Waals surface area contributed by atoms with E-state index in [-0.39, 0.29) is 5.91 Å². The summed E-state index contributed by atoms with van der Waals surface area (Å²) in [6, 6.07) is 0. The highest BCUT2D eigenvalue weighted by Gasteiger charge is 2.20. The van der Waals surface area contributed by atoms with Crippen molar-refractivity contribution in [2.24, 2.45) is 5.92 Å². The van der Waals surface area contributed by atoms with Crippen LogP contribution < -0.4 is 5.32 Å². The summed E-state index contributed by atoms with van der Waals surface area (Å²) in [5.74, 6) is 0.979. The zero-order valence-electron chi connectivity index (χ0n) is 12.8. The molecule has 2 heterocycles. The molecule has 0 spiro atoms. The molecule has 1 unspecified atom stereocenters. The molecule has 2 rings (SSSR count). The van der Waals surface area contributed by atoms with Gasteiger partial charge in [0, 0.05) is 26.7 Å². The van der Waals surface area contributed by atoms with Gasteiger partial charge in [0.05, 0.1) is 19.0 Å². The van der Waals surface area contributed by atoms with E-state index in [9.17, 15) is 4.79 Å². The van der Waals surface area contributed by atoms with E-state index in [0.717, 1.165) is 39.0 Å². The van der Waals surface area contributed by atoms with Gasteiger partial charge < -0.3 is 15.0 Å². The SMILES string of the molecule is CCCNc1cncc(C(=O)N(C)CC2CCCOC2)n1. The number of amides is 1. The average Bonchev–Trinajstić information content (AvgIpc) is 2.53. The lowest BCUT2D eigenvalue weighted by atomic mass is 10.0. The number of nitrogens with one attached hydrogen (secondary N) is 1. The predicted octanol–water partition coefficient (Wildman–Crippen LogP) is 1.80. The summed E-state index contributed by atoms with van der Waals surface area (Å²) in [4.78, 5) is 22.5. The molecule has 116 valence electrons. The van der Waals surface area contributed by atoms with Crippen molar-refractivity contribution in [2.75, 3.05) is 38.7 Å². The number of carbonyl (C=O) groups is 1. The second-order valence-electron chi connectivity index (χ2n) is 5.49. The van der Waals surface area contributed by atoms with Gasteiger partial charge in [0.2, 0.25) is 0 Å². The van der Waals surface area contributed by atoms with Crippen LogP contribution in [0.25, 0.3) is 0 Å². The molecule has 0 aromatic carbocycles. The fourth-order valence-electron chi connectivity index (χ4n) is 2.42. The number of hydrogen-bond donors (Lipinski definition) is 1. The number of rotatable bonds is 6. The molecule has 0 radical (unpaired) electrons. The van der Waals surface area contributed by atoms with Crippen molar-refractivity contribution >= 4 is 11.7 Å². The lowest BCUT2D eigenvalue weighted by Crippen LogP contribution is -2.35. The van der Waals surface area contributed by atoms with Crippen molar-refractivity contribution in [1.29, 1.82) is 0 Å². The summed E-state index contributed by atoms with van der Waals surface area (Å²) in [7, 11) is 1.81. The fourth-order valence-corrected chi connectivity index (χ4v) is 2.42. The van der Waals surface area contributed by atoms with E-state index in [1.807, 2.05) is 7.05 Å². The molecule has 1 N–H and O–H groups in total. The van der Waals surface area contributed by atoms with Crippen molar-refractivity contribution in [2.45, 2.75) is 26.2 Å². The minimum atomic E-state index is -0.0896. The van der Waals surface area contributed by atoms with Gasteiger partial charge in [-0.1, -0.05) is 6.92 Å². The Bertz CT molecular complexity index is 461. The standard InChI is InChI=1S/C15H24N4O2/c1-3-6-17-14-9-16-8-13(18-14)15(20)19(2)10-12-5-4-7-21-11-12/h8-9,12H,3-7,10-11H2,1-2H3,(H,17,18). The predicted molar refractivity (Wildman–Crippen MR) is 81.3 cm³/mol. The summed E-state index contributed by atoms with van der Waals surface area (Å²) in [5.41, 5.74) is 0.385. The first kappa shape index (κ1) is 15.7. The van der Waals surface area contributed by atoms with Crippen LogP contribution in [-0.4, -0.2) is 54.1 Å². The first-order valence-corrected chi connectivity index (χ1v) is 7.59. The number of ether oxygens (including phenoxy) is 1. The molecule has 1 aromatic heterocycles. The molecule has 0 bridgehead atoms. The van der Waals surface area contributed by atoms with Gasteiger partial charge >= 0.3 is 0 Å². The van der Waals surface area contributed by atoms with E-state index in [1.165, 1.54) is 6.20 Å². The average molecular weight is 292 g/mol. The van der Waals surface area contributed by atoms with Gasteiger partial charge in [-0.05, 0) is 25.2 Å². The summed E-state index contributed by atoms with van der Waals surface area (Å²) in [5, 5.41) is 3.15. The molecular weight excluding hydrogens is 268 g/mol. The van der Waals surface area contributed by atoms with Gasteiger partial charge in [-0.3, -0.25) is 9.78 Å². The molecule has 1 aliphatic rings. The summed E-state index contributed by atoms with van der Waals surface area (Å²) in [6.45, 7) is 5.18. The van der Waals surface area contributed by atoms with E-state index in [2.05, 4.69) is 22.2 Å². The van der Waals surface area contributed by atoms with Crippen LogP contribution in [0.4, 0.5) is 5.82 Å². The molecule has 1 amide bonds. The lowest BCUT2D eigenvalue weighted by molar-refractivity contribution is 0.0386. The molecule has 6 nitrogen and oxygen atoms in total. The molecule has 6 heteroatoms. The normalized spacial score (nSPS) is 18.3. The zero-order chi connectivity index (χ0) is 15.1. The van der Waals surface area contributed by atoms with Gasteiger partial charge in [0.15, 0.2) is 0 Å². The molecule has 1 fully saturated rings. The third kappa shape index (κ3) is 4.67. The minimum absolute atomic E-state index is 0.0896. The third-order valence-electron chi connectivity index (χ3n) is 3.54. The van der Waals surface area contributed by atoms with E-state index >= 15 is 0 Å². The van der Waals surface area contributed by atoms with E-state index in [0.29, 0.717) is 24.0 Å².